The number of benzene rings is 1. The Morgan fingerprint density at radius 3 is 2.29 bits per heavy atom. The second kappa shape index (κ2) is 4.65. The van der Waals surface area contributed by atoms with Gasteiger partial charge in [-0.05, 0) is 37.8 Å². The van der Waals surface area contributed by atoms with Gasteiger partial charge in [-0.2, -0.15) is 0 Å². The molecule has 2 nitrogen and oxygen atoms in total. The van der Waals surface area contributed by atoms with Crippen LogP contribution < -0.4 is 10.2 Å². The molecule has 92 valence electrons. The summed E-state index contributed by atoms with van der Waals surface area (Å²) in [5.41, 5.74) is 0.761. The highest BCUT2D eigenvalue weighted by atomic mass is 19.1. The highest BCUT2D eigenvalue weighted by Crippen LogP contribution is 2.25. The molecule has 3 rings (SSSR count). The van der Waals surface area contributed by atoms with E-state index >= 15 is 0 Å². The van der Waals surface area contributed by atoms with Gasteiger partial charge in [0, 0.05) is 25.2 Å². The van der Waals surface area contributed by atoms with Crippen LogP contribution >= 0.6 is 0 Å². The van der Waals surface area contributed by atoms with Crippen molar-refractivity contribution in [3.63, 3.8) is 0 Å². The number of nitrogens with zero attached hydrogens (tertiary/aromatic N) is 1. The Labute approximate surface area is 102 Å². The van der Waals surface area contributed by atoms with E-state index in [1.807, 2.05) is 12.1 Å². The second-order valence-corrected chi connectivity index (χ2v) is 5.15. The Kier molecular flexibility index (Phi) is 3.02. The van der Waals surface area contributed by atoms with Crippen molar-refractivity contribution in [3.8, 4) is 0 Å². The lowest BCUT2D eigenvalue weighted by Crippen LogP contribution is -2.43. The molecule has 1 N–H and O–H groups in total. The van der Waals surface area contributed by atoms with E-state index in [2.05, 4.69) is 10.2 Å². The molecule has 0 unspecified atom stereocenters. The van der Waals surface area contributed by atoms with Crippen molar-refractivity contribution in [1.82, 2.24) is 5.32 Å². The first-order valence-corrected chi connectivity index (χ1v) is 6.58. The third-order valence-electron chi connectivity index (χ3n) is 3.74. The molecule has 1 aliphatic heterocycles. The summed E-state index contributed by atoms with van der Waals surface area (Å²) in [6, 6.07) is 8.51. The fraction of sp³-hybridized carbons (Fsp3) is 0.571. The molecule has 0 radical (unpaired) electrons. The van der Waals surface area contributed by atoms with Crippen LogP contribution in [0.4, 0.5) is 10.1 Å². The molecule has 2 aliphatic rings. The SMILES string of the molecule is Fc1ccccc1N1CCC(NC2CC2)CC1. The van der Waals surface area contributed by atoms with E-state index in [4.69, 9.17) is 0 Å². The van der Waals surface area contributed by atoms with Gasteiger partial charge in [0.25, 0.3) is 0 Å². The Morgan fingerprint density at radius 1 is 1.00 bits per heavy atom. The van der Waals surface area contributed by atoms with Crippen LogP contribution in [0, 0.1) is 5.82 Å². The molecular weight excluding hydrogens is 215 g/mol. The molecule has 1 aromatic carbocycles. The van der Waals surface area contributed by atoms with Gasteiger partial charge in [-0.1, -0.05) is 12.1 Å². The van der Waals surface area contributed by atoms with E-state index in [-0.39, 0.29) is 5.82 Å². The van der Waals surface area contributed by atoms with E-state index < -0.39 is 0 Å². The van der Waals surface area contributed by atoms with Crippen molar-refractivity contribution >= 4 is 5.69 Å². The lowest BCUT2D eigenvalue weighted by Gasteiger charge is -2.34. The lowest BCUT2D eigenvalue weighted by atomic mass is 10.0. The average molecular weight is 234 g/mol. The summed E-state index contributed by atoms with van der Waals surface area (Å²) in [6.45, 7) is 1.93. The van der Waals surface area contributed by atoms with Crippen molar-refractivity contribution in [2.75, 3.05) is 18.0 Å². The van der Waals surface area contributed by atoms with Crippen molar-refractivity contribution in [3.05, 3.63) is 30.1 Å². The van der Waals surface area contributed by atoms with Gasteiger partial charge in [-0.15, -0.1) is 0 Å². The molecule has 0 spiro atoms. The summed E-state index contributed by atoms with van der Waals surface area (Å²) >= 11 is 0. The van der Waals surface area contributed by atoms with Crippen molar-refractivity contribution < 1.29 is 4.39 Å². The molecule has 1 saturated carbocycles. The number of hydrogen-bond acceptors (Lipinski definition) is 2. The van der Waals surface area contributed by atoms with Crippen LogP contribution in [0.3, 0.4) is 0 Å². The van der Waals surface area contributed by atoms with Crippen molar-refractivity contribution in [2.45, 2.75) is 37.8 Å². The fourth-order valence-electron chi connectivity index (χ4n) is 2.58. The molecule has 1 saturated heterocycles. The minimum absolute atomic E-state index is 0.0962. The van der Waals surface area contributed by atoms with E-state index in [9.17, 15) is 4.39 Å². The van der Waals surface area contributed by atoms with E-state index in [0.29, 0.717) is 6.04 Å². The van der Waals surface area contributed by atoms with Crippen LogP contribution in [0.1, 0.15) is 25.7 Å². The smallest absolute Gasteiger partial charge is 0.146 e. The highest BCUT2D eigenvalue weighted by Gasteiger charge is 2.27. The molecular formula is C14H19FN2. The number of piperidine rings is 1. The van der Waals surface area contributed by atoms with Gasteiger partial charge in [-0.3, -0.25) is 0 Å². The molecule has 3 heteroatoms. The summed E-state index contributed by atoms with van der Waals surface area (Å²) in [5, 5.41) is 3.66. The summed E-state index contributed by atoms with van der Waals surface area (Å²) in [5.74, 6) is -0.0962. The van der Waals surface area contributed by atoms with Gasteiger partial charge in [0.05, 0.1) is 5.69 Å². The first-order chi connectivity index (χ1) is 8.33. The Morgan fingerprint density at radius 2 is 1.65 bits per heavy atom. The van der Waals surface area contributed by atoms with Gasteiger partial charge in [0.2, 0.25) is 0 Å². The lowest BCUT2D eigenvalue weighted by molar-refractivity contribution is 0.410. The van der Waals surface area contributed by atoms with Gasteiger partial charge >= 0.3 is 0 Å². The molecule has 0 amide bonds. The molecule has 1 heterocycles. The van der Waals surface area contributed by atoms with Crippen LogP contribution in [-0.2, 0) is 0 Å². The molecule has 0 atom stereocenters. The topological polar surface area (TPSA) is 15.3 Å². The van der Waals surface area contributed by atoms with Crippen molar-refractivity contribution in [2.24, 2.45) is 0 Å². The van der Waals surface area contributed by atoms with Gasteiger partial charge in [0.15, 0.2) is 0 Å². The molecule has 1 aromatic rings. The number of rotatable bonds is 3. The molecule has 1 aliphatic carbocycles. The normalized spacial score (nSPS) is 21.8. The Balaban J connectivity index is 1.58. The number of anilines is 1. The highest BCUT2D eigenvalue weighted by molar-refractivity contribution is 5.47. The fourth-order valence-corrected chi connectivity index (χ4v) is 2.58. The van der Waals surface area contributed by atoms with Gasteiger partial charge in [-0.25, -0.2) is 4.39 Å². The number of para-hydroxylation sites is 1. The average Bonchev–Trinajstić information content (AvgIpc) is 3.15. The minimum atomic E-state index is -0.0962. The largest absolute Gasteiger partial charge is 0.369 e. The van der Waals surface area contributed by atoms with Crippen LogP contribution in [0.15, 0.2) is 24.3 Å². The maximum Gasteiger partial charge on any atom is 0.146 e. The monoisotopic (exact) mass is 234 g/mol. The van der Waals surface area contributed by atoms with Gasteiger partial charge < -0.3 is 10.2 Å². The first-order valence-electron chi connectivity index (χ1n) is 6.58. The Hall–Kier alpha value is -1.09. The molecule has 2 fully saturated rings. The van der Waals surface area contributed by atoms with E-state index in [0.717, 1.165) is 37.7 Å². The second-order valence-electron chi connectivity index (χ2n) is 5.15. The Bertz CT molecular complexity index is 382. The third-order valence-corrected chi connectivity index (χ3v) is 3.74. The van der Waals surface area contributed by atoms with Crippen LogP contribution in [0.2, 0.25) is 0 Å². The predicted octanol–water partition coefficient (Wildman–Crippen LogP) is 2.55. The maximum absolute atomic E-state index is 13.6. The zero-order chi connectivity index (χ0) is 11.7. The zero-order valence-corrected chi connectivity index (χ0v) is 10.0. The number of nitrogens with one attached hydrogen (secondary N) is 1. The van der Waals surface area contributed by atoms with E-state index in [1.54, 1.807) is 12.1 Å². The first kappa shape index (κ1) is 11.0. The number of halogens is 1. The van der Waals surface area contributed by atoms with Crippen LogP contribution in [0.25, 0.3) is 0 Å². The van der Waals surface area contributed by atoms with Crippen LogP contribution in [0.5, 0.6) is 0 Å². The summed E-state index contributed by atoms with van der Waals surface area (Å²) in [7, 11) is 0. The molecule has 17 heavy (non-hydrogen) atoms. The zero-order valence-electron chi connectivity index (χ0n) is 10.0. The molecule has 0 aromatic heterocycles. The summed E-state index contributed by atoms with van der Waals surface area (Å²) in [6.07, 6.45) is 4.94. The third kappa shape index (κ3) is 2.60. The standard InChI is InChI=1S/C14H19FN2/c15-13-3-1-2-4-14(13)17-9-7-12(8-10-17)16-11-5-6-11/h1-4,11-12,16H,5-10H2. The van der Waals surface area contributed by atoms with E-state index in [1.165, 1.54) is 12.8 Å². The number of hydrogen-bond donors (Lipinski definition) is 1. The quantitative estimate of drug-likeness (QED) is 0.864. The summed E-state index contributed by atoms with van der Waals surface area (Å²) in [4.78, 5) is 2.17. The van der Waals surface area contributed by atoms with Gasteiger partial charge in [0.1, 0.15) is 5.82 Å². The van der Waals surface area contributed by atoms with Crippen molar-refractivity contribution in [1.29, 1.82) is 0 Å². The predicted molar refractivity (Wildman–Crippen MR) is 67.8 cm³/mol. The summed E-state index contributed by atoms with van der Waals surface area (Å²) < 4.78 is 13.6. The molecule has 0 bridgehead atoms. The minimum Gasteiger partial charge on any atom is -0.369 e. The maximum atomic E-state index is 13.6. The van der Waals surface area contributed by atoms with Crippen LogP contribution in [-0.4, -0.2) is 25.2 Å².